The normalized spacial score (nSPS) is 17.2. The van der Waals surface area contributed by atoms with Crippen LogP contribution in [0.3, 0.4) is 0 Å². The molecule has 0 saturated carbocycles. The number of nitrogens with two attached hydrogens (primary N) is 1. The highest BCUT2D eigenvalue weighted by molar-refractivity contribution is 7.16. The zero-order valence-corrected chi connectivity index (χ0v) is 16.6. The van der Waals surface area contributed by atoms with E-state index in [-0.39, 0.29) is 11.3 Å². The van der Waals surface area contributed by atoms with Crippen molar-refractivity contribution in [1.82, 2.24) is 0 Å². The number of rotatable bonds is 2. The first-order chi connectivity index (χ1) is 11.7. The first-order valence-corrected chi connectivity index (χ1v) is 9.77. The minimum absolute atomic E-state index is 0.0730. The van der Waals surface area contributed by atoms with E-state index in [2.05, 4.69) is 39.1 Å². The van der Waals surface area contributed by atoms with Crippen LogP contribution in [0.5, 0.6) is 0 Å². The van der Waals surface area contributed by atoms with E-state index in [0.717, 1.165) is 30.5 Å². The van der Waals surface area contributed by atoms with Crippen LogP contribution in [0.1, 0.15) is 59.1 Å². The number of carbonyl (C=O) groups is 1. The molecule has 3 nitrogen and oxygen atoms in total. The number of nitrogens with one attached hydrogen (secondary N) is 1. The molecule has 0 fully saturated rings. The summed E-state index contributed by atoms with van der Waals surface area (Å²) in [7, 11) is 0. The summed E-state index contributed by atoms with van der Waals surface area (Å²) < 4.78 is 0. The SMILES string of the molecule is Cc1ccc(NC(=O)c2c(N)sc3c2CC[C@H](C(C)(C)C)C3)c(C)c1. The number of anilines is 2. The fourth-order valence-electron chi connectivity index (χ4n) is 3.73. The van der Waals surface area contributed by atoms with Crippen LogP contribution in [-0.2, 0) is 12.8 Å². The Morgan fingerprint density at radius 3 is 2.64 bits per heavy atom. The molecular weight excluding hydrogens is 328 g/mol. The molecule has 1 aromatic carbocycles. The van der Waals surface area contributed by atoms with Crippen molar-refractivity contribution in [2.75, 3.05) is 11.1 Å². The Hall–Kier alpha value is -1.81. The van der Waals surface area contributed by atoms with Crippen molar-refractivity contribution in [1.29, 1.82) is 0 Å². The molecule has 0 aliphatic heterocycles. The van der Waals surface area contributed by atoms with Gasteiger partial charge in [0.15, 0.2) is 0 Å². The molecule has 1 aromatic heterocycles. The molecule has 134 valence electrons. The van der Waals surface area contributed by atoms with Crippen LogP contribution in [0.25, 0.3) is 0 Å². The highest BCUT2D eigenvalue weighted by atomic mass is 32.1. The summed E-state index contributed by atoms with van der Waals surface area (Å²) in [6.07, 6.45) is 3.10. The van der Waals surface area contributed by atoms with Crippen molar-refractivity contribution in [2.45, 2.75) is 53.9 Å². The standard InChI is InChI=1S/C21H28N2OS/c1-12-6-9-16(13(2)10-12)23-20(24)18-15-8-7-14(21(3,4)5)11-17(15)25-19(18)22/h6,9-10,14H,7-8,11,22H2,1-5H3,(H,23,24)/t14-/m0/s1. The van der Waals surface area contributed by atoms with Gasteiger partial charge in [0.25, 0.3) is 5.91 Å². The van der Waals surface area contributed by atoms with Gasteiger partial charge in [0, 0.05) is 10.6 Å². The first kappa shape index (κ1) is 18.0. The third-order valence-electron chi connectivity index (χ3n) is 5.37. The fraction of sp³-hybridized carbons (Fsp3) is 0.476. The smallest absolute Gasteiger partial charge is 0.258 e. The Labute approximate surface area is 154 Å². The fourth-order valence-corrected chi connectivity index (χ4v) is 4.93. The lowest BCUT2D eigenvalue weighted by atomic mass is 9.72. The number of hydrogen-bond donors (Lipinski definition) is 2. The number of aryl methyl sites for hydroxylation is 2. The molecule has 1 aliphatic rings. The van der Waals surface area contributed by atoms with E-state index in [1.807, 2.05) is 19.1 Å². The van der Waals surface area contributed by atoms with E-state index in [0.29, 0.717) is 16.5 Å². The molecule has 2 aromatic rings. The quantitative estimate of drug-likeness (QED) is 0.762. The molecule has 25 heavy (non-hydrogen) atoms. The molecule has 1 heterocycles. The summed E-state index contributed by atoms with van der Waals surface area (Å²) in [5.74, 6) is 0.574. The summed E-state index contributed by atoms with van der Waals surface area (Å²) >= 11 is 1.60. The van der Waals surface area contributed by atoms with Gasteiger partial charge in [-0.2, -0.15) is 0 Å². The van der Waals surface area contributed by atoms with E-state index < -0.39 is 0 Å². The van der Waals surface area contributed by atoms with E-state index in [9.17, 15) is 4.79 Å². The maximum absolute atomic E-state index is 12.9. The maximum Gasteiger partial charge on any atom is 0.258 e. The molecule has 3 rings (SSSR count). The minimum Gasteiger partial charge on any atom is -0.390 e. The van der Waals surface area contributed by atoms with Crippen molar-refractivity contribution < 1.29 is 4.79 Å². The Balaban J connectivity index is 1.86. The predicted molar refractivity (Wildman–Crippen MR) is 108 cm³/mol. The lowest BCUT2D eigenvalue weighted by molar-refractivity contribution is 0.102. The van der Waals surface area contributed by atoms with Gasteiger partial charge in [-0.15, -0.1) is 11.3 Å². The van der Waals surface area contributed by atoms with Crippen LogP contribution in [0.4, 0.5) is 10.7 Å². The third-order valence-corrected chi connectivity index (χ3v) is 6.46. The summed E-state index contributed by atoms with van der Waals surface area (Å²) in [6, 6.07) is 6.06. The molecule has 0 bridgehead atoms. The number of fused-ring (bicyclic) bond motifs is 1. The van der Waals surface area contributed by atoms with Gasteiger partial charge in [0.1, 0.15) is 0 Å². The Bertz CT molecular complexity index is 814. The lowest BCUT2D eigenvalue weighted by Gasteiger charge is -2.33. The van der Waals surface area contributed by atoms with Crippen LogP contribution < -0.4 is 11.1 Å². The Morgan fingerprint density at radius 1 is 1.28 bits per heavy atom. The van der Waals surface area contributed by atoms with Gasteiger partial charge in [0.2, 0.25) is 0 Å². The van der Waals surface area contributed by atoms with Crippen LogP contribution in [0.15, 0.2) is 18.2 Å². The van der Waals surface area contributed by atoms with E-state index >= 15 is 0 Å². The third kappa shape index (κ3) is 3.59. The number of carbonyl (C=O) groups excluding carboxylic acids is 1. The molecule has 0 spiro atoms. The molecule has 1 atom stereocenters. The van der Waals surface area contributed by atoms with Crippen LogP contribution in [0.2, 0.25) is 0 Å². The second kappa shape index (κ2) is 6.49. The minimum atomic E-state index is -0.0730. The monoisotopic (exact) mass is 356 g/mol. The average molecular weight is 357 g/mol. The van der Waals surface area contributed by atoms with E-state index in [4.69, 9.17) is 5.73 Å². The Kier molecular flexibility index (Phi) is 4.67. The van der Waals surface area contributed by atoms with Crippen molar-refractivity contribution in [2.24, 2.45) is 11.3 Å². The molecule has 3 N–H and O–H groups in total. The topological polar surface area (TPSA) is 55.1 Å². The van der Waals surface area contributed by atoms with Crippen LogP contribution >= 0.6 is 11.3 Å². The van der Waals surface area contributed by atoms with Crippen molar-refractivity contribution in [3.8, 4) is 0 Å². The summed E-state index contributed by atoms with van der Waals surface area (Å²) in [4.78, 5) is 14.2. The molecule has 1 aliphatic carbocycles. The van der Waals surface area contributed by atoms with Crippen molar-refractivity contribution in [3.63, 3.8) is 0 Å². The molecular formula is C21H28N2OS. The number of benzene rings is 1. The van der Waals surface area contributed by atoms with Gasteiger partial charge in [-0.25, -0.2) is 0 Å². The zero-order valence-electron chi connectivity index (χ0n) is 15.8. The molecule has 4 heteroatoms. The first-order valence-electron chi connectivity index (χ1n) is 8.95. The van der Waals surface area contributed by atoms with E-state index in [1.54, 1.807) is 11.3 Å². The maximum atomic E-state index is 12.9. The van der Waals surface area contributed by atoms with Gasteiger partial charge in [-0.1, -0.05) is 38.5 Å². The highest BCUT2D eigenvalue weighted by Crippen LogP contribution is 2.43. The number of thiophene rings is 1. The largest absolute Gasteiger partial charge is 0.390 e. The van der Waals surface area contributed by atoms with Crippen molar-refractivity contribution >= 4 is 27.9 Å². The average Bonchev–Trinajstić information content (AvgIpc) is 2.84. The summed E-state index contributed by atoms with van der Waals surface area (Å²) in [6.45, 7) is 11.0. The number of amides is 1. The van der Waals surface area contributed by atoms with Crippen LogP contribution in [0, 0.1) is 25.2 Å². The highest BCUT2D eigenvalue weighted by Gasteiger charge is 2.33. The predicted octanol–water partition coefficient (Wildman–Crippen LogP) is 5.35. The molecule has 1 amide bonds. The van der Waals surface area contributed by atoms with Gasteiger partial charge < -0.3 is 11.1 Å². The number of hydrogen-bond acceptors (Lipinski definition) is 3. The zero-order chi connectivity index (χ0) is 18.4. The second-order valence-electron chi connectivity index (χ2n) is 8.32. The van der Waals surface area contributed by atoms with Gasteiger partial charge in [-0.3, -0.25) is 4.79 Å². The van der Waals surface area contributed by atoms with Gasteiger partial charge >= 0.3 is 0 Å². The molecule has 0 unspecified atom stereocenters. The van der Waals surface area contributed by atoms with Gasteiger partial charge in [-0.05, 0) is 61.6 Å². The molecule has 0 saturated heterocycles. The summed E-state index contributed by atoms with van der Waals surface area (Å²) in [5, 5.41) is 3.71. The van der Waals surface area contributed by atoms with Gasteiger partial charge in [0.05, 0.1) is 10.6 Å². The van der Waals surface area contributed by atoms with E-state index in [1.165, 1.54) is 16.0 Å². The van der Waals surface area contributed by atoms with Crippen molar-refractivity contribution in [3.05, 3.63) is 45.3 Å². The lowest BCUT2D eigenvalue weighted by Crippen LogP contribution is -2.27. The summed E-state index contributed by atoms with van der Waals surface area (Å²) in [5.41, 5.74) is 11.5. The van der Waals surface area contributed by atoms with Crippen LogP contribution in [-0.4, -0.2) is 5.91 Å². The molecule has 0 radical (unpaired) electrons. The number of nitrogen functional groups attached to an aromatic ring is 1. The second-order valence-corrected chi connectivity index (χ2v) is 9.46. The Morgan fingerprint density at radius 2 is 2.00 bits per heavy atom.